The van der Waals surface area contributed by atoms with Gasteiger partial charge in [0, 0.05) is 0 Å². The van der Waals surface area contributed by atoms with Gasteiger partial charge in [-0.2, -0.15) is 8.42 Å². The van der Waals surface area contributed by atoms with Crippen LogP contribution in [0.25, 0.3) is 0 Å². The van der Waals surface area contributed by atoms with Crippen molar-refractivity contribution in [2.24, 2.45) is 0 Å². The van der Waals surface area contributed by atoms with Gasteiger partial charge in [0.05, 0.1) is 0 Å². The Morgan fingerprint density at radius 2 is 1.33 bits per heavy atom. The largest absolute Gasteiger partial charge is 0.295 e. The summed E-state index contributed by atoms with van der Waals surface area (Å²) in [5.74, 6) is 0.563. The fraction of sp³-hybridized carbons (Fsp3) is 0.739. The van der Waals surface area contributed by atoms with Crippen molar-refractivity contribution in [2.75, 3.05) is 0 Å². The number of hydrogen-bond acceptors (Lipinski definition) is 2. The van der Waals surface area contributed by atoms with Crippen LogP contribution in [0.1, 0.15) is 119 Å². The summed E-state index contributed by atoms with van der Waals surface area (Å²) in [5, 5.41) is 0. The molecule has 0 bridgehead atoms. The van der Waals surface area contributed by atoms with Crippen LogP contribution in [0.4, 0.5) is 0 Å². The molecule has 1 aromatic rings. The van der Waals surface area contributed by atoms with Gasteiger partial charge >= 0.3 is 0 Å². The molecule has 2 saturated carbocycles. The molecule has 4 heteroatoms. The lowest BCUT2D eigenvalue weighted by Gasteiger charge is -2.29. The maximum Gasteiger partial charge on any atom is 0.295 e. The third-order valence-electron chi connectivity index (χ3n) is 6.62. The first-order chi connectivity index (χ1) is 13.0. The molecule has 0 aliphatic heterocycles. The van der Waals surface area contributed by atoms with Gasteiger partial charge in [0.1, 0.15) is 4.90 Å². The zero-order chi connectivity index (χ0) is 19.3. The van der Waals surface area contributed by atoms with Gasteiger partial charge < -0.3 is 0 Å². The first-order valence-corrected chi connectivity index (χ1v) is 12.6. The Morgan fingerprint density at radius 1 is 0.852 bits per heavy atom. The van der Waals surface area contributed by atoms with Gasteiger partial charge in [0.2, 0.25) is 0 Å². The molecule has 2 aliphatic carbocycles. The maximum atomic E-state index is 12.5. The summed E-state index contributed by atoms with van der Waals surface area (Å²) in [6, 6.07) is 4.25. The van der Waals surface area contributed by atoms with E-state index in [9.17, 15) is 13.0 Å². The lowest BCUT2D eigenvalue weighted by atomic mass is 9.78. The Kier molecular flexibility index (Phi) is 7.38. The molecule has 152 valence electrons. The summed E-state index contributed by atoms with van der Waals surface area (Å²) >= 11 is 0. The van der Waals surface area contributed by atoms with Gasteiger partial charge in [-0.1, -0.05) is 70.4 Å². The van der Waals surface area contributed by atoms with E-state index < -0.39 is 10.1 Å². The quantitative estimate of drug-likeness (QED) is 0.412. The molecule has 0 amide bonds. The SMILES string of the molecule is CCCCCc1cc(C2CCCCC2)c(S(=O)(=O)O)c(C2CCCCC2)c1. The van der Waals surface area contributed by atoms with E-state index in [0.29, 0.717) is 0 Å². The Bertz CT molecular complexity index is 672. The summed E-state index contributed by atoms with van der Waals surface area (Å²) < 4.78 is 35.2. The fourth-order valence-electron chi connectivity index (χ4n) is 5.19. The van der Waals surface area contributed by atoms with E-state index in [1.54, 1.807) is 0 Å². The minimum absolute atomic E-state index is 0.278. The molecule has 2 aliphatic rings. The number of aryl methyl sites for hydroxylation is 1. The third-order valence-corrected chi connectivity index (χ3v) is 7.61. The van der Waals surface area contributed by atoms with Gasteiger partial charge in [-0.3, -0.25) is 4.55 Å². The Hall–Kier alpha value is -0.870. The second-order valence-corrected chi connectivity index (χ2v) is 10.1. The van der Waals surface area contributed by atoms with E-state index in [-0.39, 0.29) is 16.7 Å². The lowest BCUT2D eigenvalue weighted by molar-refractivity contribution is 0.418. The van der Waals surface area contributed by atoms with Gasteiger partial charge in [0.25, 0.3) is 10.1 Å². The molecule has 0 aromatic heterocycles. The van der Waals surface area contributed by atoms with Crippen molar-refractivity contribution in [3.63, 3.8) is 0 Å². The number of benzene rings is 1. The van der Waals surface area contributed by atoms with Crippen LogP contribution in [0.2, 0.25) is 0 Å². The van der Waals surface area contributed by atoms with Crippen LogP contribution in [0.5, 0.6) is 0 Å². The zero-order valence-corrected chi connectivity index (χ0v) is 17.7. The van der Waals surface area contributed by atoms with Crippen LogP contribution in [-0.2, 0) is 16.5 Å². The highest BCUT2D eigenvalue weighted by Gasteiger charge is 2.30. The highest BCUT2D eigenvalue weighted by atomic mass is 32.2. The summed E-state index contributed by atoms with van der Waals surface area (Å²) in [7, 11) is -4.20. The van der Waals surface area contributed by atoms with Crippen molar-refractivity contribution in [3.05, 3.63) is 28.8 Å². The summed E-state index contributed by atoms with van der Waals surface area (Å²) in [6.07, 6.45) is 15.9. The maximum absolute atomic E-state index is 12.5. The molecule has 1 aromatic carbocycles. The van der Waals surface area contributed by atoms with Crippen molar-refractivity contribution in [3.8, 4) is 0 Å². The van der Waals surface area contributed by atoms with E-state index >= 15 is 0 Å². The van der Waals surface area contributed by atoms with Crippen LogP contribution in [0, 0.1) is 0 Å². The molecule has 3 rings (SSSR count). The highest BCUT2D eigenvalue weighted by Crippen LogP contribution is 2.43. The van der Waals surface area contributed by atoms with Crippen molar-refractivity contribution in [1.82, 2.24) is 0 Å². The summed E-state index contributed by atoms with van der Waals surface area (Å²) in [6.45, 7) is 2.21. The van der Waals surface area contributed by atoms with E-state index in [4.69, 9.17) is 0 Å². The van der Waals surface area contributed by atoms with E-state index in [0.717, 1.165) is 75.3 Å². The smallest absolute Gasteiger partial charge is 0.282 e. The number of unbranched alkanes of at least 4 members (excludes halogenated alkanes) is 2. The van der Waals surface area contributed by atoms with E-state index in [1.807, 2.05) is 0 Å². The monoisotopic (exact) mass is 392 g/mol. The Labute approximate surface area is 165 Å². The van der Waals surface area contributed by atoms with Gasteiger partial charge in [-0.05, 0) is 67.1 Å². The first-order valence-electron chi connectivity index (χ1n) is 11.1. The van der Waals surface area contributed by atoms with Crippen LogP contribution in [-0.4, -0.2) is 13.0 Å². The van der Waals surface area contributed by atoms with Crippen molar-refractivity contribution < 1.29 is 13.0 Å². The number of hydrogen-bond donors (Lipinski definition) is 1. The van der Waals surface area contributed by atoms with Crippen LogP contribution < -0.4 is 0 Å². The molecule has 0 radical (unpaired) electrons. The molecule has 0 spiro atoms. The predicted octanol–water partition coefficient (Wildman–Crippen LogP) is 6.76. The zero-order valence-electron chi connectivity index (χ0n) is 16.9. The minimum atomic E-state index is -4.20. The second-order valence-electron chi connectivity index (χ2n) is 8.71. The molecule has 0 unspecified atom stereocenters. The number of rotatable bonds is 7. The Balaban J connectivity index is 2.07. The van der Waals surface area contributed by atoms with Gasteiger partial charge in [-0.25, -0.2) is 0 Å². The van der Waals surface area contributed by atoms with Gasteiger partial charge in [-0.15, -0.1) is 0 Å². The summed E-state index contributed by atoms with van der Waals surface area (Å²) in [4.78, 5) is 0.278. The third kappa shape index (κ3) is 5.35. The van der Waals surface area contributed by atoms with Crippen LogP contribution >= 0.6 is 0 Å². The molecule has 0 saturated heterocycles. The van der Waals surface area contributed by atoms with Crippen molar-refractivity contribution in [1.29, 1.82) is 0 Å². The molecule has 1 N–H and O–H groups in total. The topological polar surface area (TPSA) is 54.4 Å². The minimum Gasteiger partial charge on any atom is -0.282 e. The molecule has 3 nitrogen and oxygen atoms in total. The molecular formula is C23H36O3S. The highest BCUT2D eigenvalue weighted by molar-refractivity contribution is 7.86. The summed E-state index contributed by atoms with van der Waals surface area (Å²) in [5.41, 5.74) is 3.12. The molecular weight excluding hydrogens is 356 g/mol. The molecule has 0 atom stereocenters. The van der Waals surface area contributed by atoms with E-state index in [2.05, 4.69) is 19.1 Å². The fourth-order valence-corrected chi connectivity index (χ4v) is 6.24. The van der Waals surface area contributed by atoms with E-state index in [1.165, 1.54) is 31.2 Å². The predicted molar refractivity (Wildman–Crippen MR) is 111 cm³/mol. The molecule has 2 fully saturated rings. The van der Waals surface area contributed by atoms with Gasteiger partial charge in [0.15, 0.2) is 0 Å². The average molecular weight is 393 g/mol. The average Bonchev–Trinajstić information content (AvgIpc) is 2.68. The van der Waals surface area contributed by atoms with Crippen molar-refractivity contribution >= 4 is 10.1 Å². The van der Waals surface area contributed by atoms with Crippen LogP contribution in [0.3, 0.4) is 0 Å². The van der Waals surface area contributed by atoms with Crippen molar-refractivity contribution in [2.45, 2.75) is 114 Å². The lowest BCUT2D eigenvalue weighted by Crippen LogP contribution is -2.17. The molecule has 27 heavy (non-hydrogen) atoms. The second kappa shape index (κ2) is 9.56. The molecule has 0 heterocycles. The Morgan fingerprint density at radius 3 is 1.74 bits per heavy atom. The first kappa shape index (κ1) is 20.9. The normalized spacial score (nSPS) is 20.1. The van der Waals surface area contributed by atoms with Crippen LogP contribution in [0.15, 0.2) is 17.0 Å². The standard InChI is InChI=1S/C23H36O3S/c1-2-3-6-11-18-16-21(19-12-7-4-8-13-19)23(27(24,25)26)22(17-18)20-14-9-5-10-15-20/h16-17,19-20H,2-15H2,1H3,(H,24,25,26).